The van der Waals surface area contributed by atoms with Crippen LogP contribution in [-0.4, -0.2) is 14.8 Å². The van der Waals surface area contributed by atoms with Gasteiger partial charge in [0.2, 0.25) is 0 Å². The minimum Gasteiger partial charge on any atom is -0.253 e. The first kappa shape index (κ1) is 18.2. The highest BCUT2D eigenvalue weighted by Gasteiger charge is 2.33. The lowest BCUT2D eigenvalue weighted by Crippen LogP contribution is -2.31. The molecule has 130 valence electrons. The van der Waals surface area contributed by atoms with Gasteiger partial charge in [0.1, 0.15) is 12.7 Å². The molecule has 1 aromatic heterocycles. The standard InChI is InChI=1S/C20H35N3/c1-4-5-6-7-8-9-10-11-18-12-13-20(2,3)14-19(18)15-23-17-21-16-22-23/h10-11,16-19H,4-9,12-15H2,1-3H3/b11-10+. The molecule has 0 saturated heterocycles. The van der Waals surface area contributed by atoms with E-state index in [2.05, 4.69) is 43.0 Å². The number of nitrogens with zero attached hydrogens (tertiary/aromatic N) is 3. The number of rotatable bonds is 9. The number of hydrogen-bond acceptors (Lipinski definition) is 2. The van der Waals surface area contributed by atoms with E-state index in [1.807, 2.05) is 11.0 Å². The molecule has 2 atom stereocenters. The minimum atomic E-state index is 0.468. The van der Waals surface area contributed by atoms with Crippen LogP contribution >= 0.6 is 0 Å². The molecule has 1 heterocycles. The van der Waals surface area contributed by atoms with E-state index in [4.69, 9.17) is 0 Å². The molecule has 0 aliphatic heterocycles. The van der Waals surface area contributed by atoms with Crippen LogP contribution in [0.1, 0.15) is 78.6 Å². The van der Waals surface area contributed by atoms with E-state index in [9.17, 15) is 0 Å². The Morgan fingerprint density at radius 3 is 2.78 bits per heavy atom. The molecule has 3 heteroatoms. The van der Waals surface area contributed by atoms with Gasteiger partial charge in [-0.3, -0.25) is 4.68 Å². The highest BCUT2D eigenvalue weighted by Crippen LogP contribution is 2.43. The normalized spacial score (nSPS) is 24.3. The molecule has 0 amide bonds. The van der Waals surface area contributed by atoms with Crippen LogP contribution in [0, 0.1) is 17.3 Å². The van der Waals surface area contributed by atoms with Crippen LogP contribution in [-0.2, 0) is 6.54 Å². The van der Waals surface area contributed by atoms with E-state index in [-0.39, 0.29) is 0 Å². The molecule has 1 aliphatic carbocycles. The zero-order valence-corrected chi connectivity index (χ0v) is 15.4. The first-order valence-corrected chi connectivity index (χ1v) is 9.60. The Balaban J connectivity index is 1.82. The topological polar surface area (TPSA) is 30.7 Å². The summed E-state index contributed by atoms with van der Waals surface area (Å²) in [6.45, 7) is 8.11. The molecule has 0 aromatic carbocycles. The van der Waals surface area contributed by atoms with Gasteiger partial charge in [-0.15, -0.1) is 0 Å². The van der Waals surface area contributed by atoms with Crippen molar-refractivity contribution in [1.29, 1.82) is 0 Å². The Kier molecular flexibility index (Phi) is 7.32. The van der Waals surface area contributed by atoms with Crippen molar-refractivity contribution in [3.05, 3.63) is 24.8 Å². The van der Waals surface area contributed by atoms with Crippen LogP contribution in [0.15, 0.2) is 24.8 Å². The van der Waals surface area contributed by atoms with E-state index >= 15 is 0 Å². The number of allylic oxidation sites excluding steroid dienone is 2. The first-order chi connectivity index (χ1) is 11.1. The summed E-state index contributed by atoms with van der Waals surface area (Å²) in [5.74, 6) is 1.40. The van der Waals surface area contributed by atoms with Gasteiger partial charge in [0.25, 0.3) is 0 Å². The maximum Gasteiger partial charge on any atom is 0.137 e. The summed E-state index contributed by atoms with van der Waals surface area (Å²) in [4.78, 5) is 4.09. The van der Waals surface area contributed by atoms with Crippen LogP contribution < -0.4 is 0 Å². The first-order valence-electron chi connectivity index (χ1n) is 9.60. The summed E-state index contributed by atoms with van der Waals surface area (Å²) in [5, 5.41) is 4.31. The fourth-order valence-corrected chi connectivity index (χ4v) is 3.91. The van der Waals surface area contributed by atoms with Crippen molar-refractivity contribution < 1.29 is 0 Å². The van der Waals surface area contributed by atoms with Crippen molar-refractivity contribution in [2.24, 2.45) is 17.3 Å². The molecule has 3 nitrogen and oxygen atoms in total. The van der Waals surface area contributed by atoms with Gasteiger partial charge in [-0.1, -0.05) is 58.6 Å². The largest absolute Gasteiger partial charge is 0.253 e. The Bertz CT molecular complexity index is 447. The van der Waals surface area contributed by atoms with Gasteiger partial charge in [-0.2, -0.15) is 5.10 Å². The van der Waals surface area contributed by atoms with Crippen LogP contribution in [0.3, 0.4) is 0 Å². The quantitative estimate of drug-likeness (QED) is 0.436. The van der Waals surface area contributed by atoms with Gasteiger partial charge in [-0.25, -0.2) is 4.98 Å². The zero-order chi connectivity index (χ0) is 16.5. The Hall–Kier alpha value is -1.12. The molecule has 2 unspecified atom stereocenters. The second-order valence-corrected chi connectivity index (χ2v) is 8.08. The highest BCUT2D eigenvalue weighted by molar-refractivity contribution is 4.96. The molecular weight excluding hydrogens is 282 g/mol. The molecule has 0 bridgehead atoms. The van der Waals surface area contributed by atoms with Gasteiger partial charge >= 0.3 is 0 Å². The van der Waals surface area contributed by atoms with E-state index in [1.165, 1.54) is 57.8 Å². The maximum atomic E-state index is 4.31. The molecular formula is C20H35N3. The Morgan fingerprint density at radius 1 is 1.22 bits per heavy atom. The predicted molar refractivity (Wildman–Crippen MR) is 97.2 cm³/mol. The number of hydrogen-bond donors (Lipinski definition) is 0. The van der Waals surface area contributed by atoms with Crippen molar-refractivity contribution in [3.63, 3.8) is 0 Å². The van der Waals surface area contributed by atoms with Crippen molar-refractivity contribution >= 4 is 0 Å². The fourth-order valence-electron chi connectivity index (χ4n) is 3.91. The summed E-state index contributed by atoms with van der Waals surface area (Å²) in [6.07, 6.45) is 20.5. The van der Waals surface area contributed by atoms with Gasteiger partial charge in [0, 0.05) is 6.54 Å². The summed E-state index contributed by atoms with van der Waals surface area (Å²) >= 11 is 0. The molecule has 2 rings (SSSR count). The molecule has 1 aliphatic rings. The average Bonchev–Trinajstić information content (AvgIpc) is 3.01. The molecule has 0 spiro atoms. The lowest BCUT2D eigenvalue weighted by atomic mass is 9.67. The van der Waals surface area contributed by atoms with Crippen molar-refractivity contribution in [2.45, 2.75) is 85.1 Å². The minimum absolute atomic E-state index is 0.468. The lowest BCUT2D eigenvalue weighted by Gasteiger charge is -2.39. The number of unbranched alkanes of at least 4 members (excludes halogenated alkanes) is 5. The second kappa shape index (κ2) is 9.24. The SMILES string of the molecule is CCCCCCC/C=C/C1CCC(C)(C)CC1Cn1cncn1. The zero-order valence-electron chi connectivity index (χ0n) is 15.4. The summed E-state index contributed by atoms with van der Waals surface area (Å²) in [7, 11) is 0. The summed E-state index contributed by atoms with van der Waals surface area (Å²) < 4.78 is 2.01. The van der Waals surface area contributed by atoms with E-state index in [0.29, 0.717) is 17.3 Å². The third kappa shape index (κ3) is 6.48. The van der Waals surface area contributed by atoms with E-state index < -0.39 is 0 Å². The van der Waals surface area contributed by atoms with E-state index in [0.717, 1.165) is 6.54 Å². The Labute approximate surface area is 142 Å². The molecule has 1 fully saturated rings. The lowest BCUT2D eigenvalue weighted by molar-refractivity contribution is 0.125. The van der Waals surface area contributed by atoms with Crippen LogP contribution in [0.25, 0.3) is 0 Å². The Morgan fingerprint density at radius 2 is 2.04 bits per heavy atom. The molecule has 0 N–H and O–H groups in total. The third-order valence-corrected chi connectivity index (χ3v) is 5.32. The van der Waals surface area contributed by atoms with Gasteiger partial charge < -0.3 is 0 Å². The van der Waals surface area contributed by atoms with Gasteiger partial charge in [0.15, 0.2) is 0 Å². The third-order valence-electron chi connectivity index (χ3n) is 5.32. The van der Waals surface area contributed by atoms with Crippen molar-refractivity contribution in [1.82, 2.24) is 14.8 Å². The van der Waals surface area contributed by atoms with Crippen molar-refractivity contribution in [2.75, 3.05) is 0 Å². The monoisotopic (exact) mass is 317 g/mol. The van der Waals surface area contributed by atoms with Crippen LogP contribution in [0.5, 0.6) is 0 Å². The number of aromatic nitrogens is 3. The fraction of sp³-hybridized carbons (Fsp3) is 0.800. The van der Waals surface area contributed by atoms with Gasteiger partial charge in [0.05, 0.1) is 0 Å². The smallest absolute Gasteiger partial charge is 0.137 e. The summed E-state index contributed by atoms with van der Waals surface area (Å²) in [6, 6.07) is 0. The molecule has 0 radical (unpaired) electrons. The molecule has 1 aromatic rings. The van der Waals surface area contributed by atoms with Crippen LogP contribution in [0.2, 0.25) is 0 Å². The van der Waals surface area contributed by atoms with E-state index in [1.54, 1.807) is 6.33 Å². The second-order valence-electron chi connectivity index (χ2n) is 8.08. The predicted octanol–water partition coefficient (Wildman–Crippen LogP) is 5.64. The van der Waals surface area contributed by atoms with Crippen molar-refractivity contribution in [3.8, 4) is 0 Å². The molecule has 23 heavy (non-hydrogen) atoms. The summed E-state index contributed by atoms with van der Waals surface area (Å²) in [5.41, 5.74) is 0.468. The van der Waals surface area contributed by atoms with Gasteiger partial charge in [-0.05, 0) is 49.4 Å². The highest BCUT2D eigenvalue weighted by atomic mass is 15.3. The maximum absolute atomic E-state index is 4.31. The average molecular weight is 318 g/mol. The molecule has 1 saturated carbocycles. The van der Waals surface area contributed by atoms with Crippen LogP contribution in [0.4, 0.5) is 0 Å².